The molecule has 0 radical (unpaired) electrons. The quantitative estimate of drug-likeness (QED) is 0.914. The third-order valence-electron chi connectivity index (χ3n) is 2.34. The Balaban J connectivity index is 2.02. The van der Waals surface area contributed by atoms with Gasteiger partial charge in [-0.2, -0.15) is 0 Å². The molecule has 2 aromatic rings. The van der Waals surface area contributed by atoms with E-state index in [0.29, 0.717) is 17.2 Å². The molecule has 2 rings (SSSR count). The summed E-state index contributed by atoms with van der Waals surface area (Å²) in [6.45, 7) is 0. The highest BCUT2D eigenvalue weighted by atomic mass is 19.1. The number of hydrogen-bond donors (Lipinski definition) is 1. The molecule has 0 aliphatic carbocycles. The van der Waals surface area contributed by atoms with Crippen molar-refractivity contribution in [2.45, 2.75) is 0 Å². The second-order valence-corrected chi connectivity index (χ2v) is 3.70. The number of halogens is 1. The van der Waals surface area contributed by atoms with Crippen molar-refractivity contribution in [2.75, 3.05) is 12.4 Å². The number of rotatable bonds is 3. The number of nitrogens with one attached hydrogen (secondary N) is 1. The highest BCUT2D eigenvalue weighted by Crippen LogP contribution is 2.23. The van der Waals surface area contributed by atoms with Gasteiger partial charge in [-0.25, -0.2) is 9.18 Å². The first kappa shape index (κ1) is 12.9. The van der Waals surface area contributed by atoms with E-state index >= 15 is 0 Å². The van der Waals surface area contributed by atoms with Crippen LogP contribution < -0.4 is 10.1 Å². The summed E-state index contributed by atoms with van der Waals surface area (Å²) in [5, 5.41) is 2.52. The van der Waals surface area contributed by atoms with Crippen LogP contribution in [0.4, 0.5) is 14.9 Å². The lowest BCUT2D eigenvalue weighted by Crippen LogP contribution is -2.10. The fourth-order valence-corrected chi connectivity index (χ4v) is 1.41. The molecule has 19 heavy (non-hydrogen) atoms. The fraction of sp³-hybridized carbons (Fsp3) is 0.0714. The summed E-state index contributed by atoms with van der Waals surface area (Å²) in [5.74, 6) is 0.807. The minimum Gasteiger partial charge on any atom is -0.457 e. The van der Waals surface area contributed by atoms with Gasteiger partial charge in [0.25, 0.3) is 0 Å². The molecule has 4 nitrogen and oxygen atoms in total. The highest BCUT2D eigenvalue weighted by molar-refractivity contribution is 5.84. The van der Waals surface area contributed by atoms with E-state index in [0.717, 1.165) is 0 Å². The van der Waals surface area contributed by atoms with Crippen molar-refractivity contribution in [2.24, 2.45) is 0 Å². The Hall–Kier alpha value is -2.56. The first-order valence-electron chi connectivity index (χ1n) is 5.56. The van der Waals surface area contributed by atoms with Crippen LogP contribution >= 0.6 is 0 Å². The molecule has 0 aliphatic rings. The van der Waals surface area contributed by atoms with E-state index in [4.69, 9.17) is 4.74 Å². The molecule has 0 aliphatic heterocycles. The lowest BCUT2D eigenvalue weighted by atomic mass is 10.3. The highest BCUT2D eigenvalue weighted by Gasteiger charge is 2.01. The Kier molecular flexibility index (Phi) is 3.97. The summed E-state index contributed by atoms with van der Waals surface area (Å²) in [4.78, 5) is 11.0. The number of anilines is 1. The third kappa shape index (κ3) is 3.70. The zero-order valence-electron chi connectivity index (χ0n) is 10.2. The van der Waals surface area contributed by atoms with E-state index in [1.807, 2.05) is 0 Å². The molecule has 0 fully saturated rings. The van der Waals surface area contributed by atoms with Crippen LogP contribution in [-0.4, -0.2) is 13.2 Å². The van der Waals surface area contributed by atoms with Crippen LogP contribution in [0.1, 0.15) is 0 Å². The monoisotopic (exact) mass is 261 g/mol. The molecule has 1 N–H and O–H groups in total. The van der Waals surface area contributed by atoms with E-state index in [9.17, 15) is 9.18 Å². The Labute approximate surface area is 109 Å². The van der Waals surface area contributed by atoms with E-state index in [2.05, 4.69) is 10.1 Å². The lowest BCUT2D eigenvalue weighted by molar-refractivity contribution is 0.187. The van der Waals surface area contributed by atoms with Gasteiger partial charge in [-0.15, -0.1) is 0 Å². The molecule has 5 heteroatoms. The van der Waals surface area contributed by atoms with Crippen molar-refractivity contribution in [3.8, 4) is 11.5 Å². The molecular weight excluding hydrogens is 249 g/mol. The van der Waals surface area contributed by atoms with Crippen LogP contribution in [0, 0.1) is 5.82 Å². The summed E-state index contributed by atoms with van der Waals surface area (Å²) in [7, 11) is 1.29. The zero-order valence-corrected chi connectivity index (χ0v) is 10.2. The first-order valence-corrected chi connectivity index (χ1v) is 5.56. The van der Waals surface area contributed by atoms with Crippen LogP contribution in [0.25, 0.3) is 0 Å². The Morgan fingerprint density at radius 1 is 1.00 bits per heavy atom. The molecule has 0 bridgehead atoms. The van der Waals surface area contributed by atoms with Gasteiger partial charge in [-0.05, 0) is 48.5 Å². The molecule has 0 unspecified atom stereocenters. The fourth-order valence-electron chi connectivity index (χ4n) is 1.41. The molecule has 1 amide bonds. The maximum atomic E-state index is 12.7. The van der Waals surface area contributed by atoms with Crippen molar-refractivity contribution in [3.05, 3.63) is 54.3 Å². The minimum atomic E-state index is -0.535. The smallest absolute Gasteiger partial charge is 0.411 e. The second-order valence-electron chi connectivity index (χ2n) is 3.70. The van der Waals surface area contributed by atoms with Gasteiger partial charge in [0.2, 0.25) is 0 Å². The van der Waals surface area contributed by atoms with Gasteiger partial charge in [0.15, 0.2) is 0 Å². The Morgan fingerprint density at radius 2 is 1.53 bits per heavy atom. The summed E-state index contributed by atoms with van der Waals surface area (Å²) < 4.78 is 22.7. The number of benzene rings is 2. The van der Waals surface area contributed by atoms with Gasteiger partial charge in [-0.1, -0.05) is 0 Å². The maximum absolute atomic E-state index is 12.7. The predicted octanol–water partition coefficient (Wildman–Crippen LogP) is 3.80. The summed E-state index contributed by atoms with van der Waals surface area (Å²) in [5.41, 5.74) is 0.596. The molecular formula is C14H12FNO3. The average molecular weight is 261 g/mol. The van der Waals surface area contributed by atoms with Crippen molar-refractivity contribution in [1.29, 1.82) is 0 Å². The maximum Gasteiger partial charge on any atom is 0.411 e. The number of hydrogen-bond acceptors (Lipinski definition) is 3. The standard InChI is InChI=1S/C14H12FNO3/c1-18-14(17)16-11-4-8-13(9-5-11)19-12-6-2-10(15)3-7-12/h2-9H,1H3,(H,16,17). The van der Waals surface area contributed by atoms with Crippen LogP contribution in [0.2, 0.25) is 0 Å². The Morgan fingerprint density at radius 3 is 2.05 bits per heavy atom. The van der Waals surface area contributed by atoms with Crippen molar-refractivity contribution >= 4 is 11.8 Å². The number of carbonyl (C=O) groups excluding carboxylic acids is 1. The topological polar surface area (TPSA) is 47.6 Å². The number of amides is 1. The van der Waals surface area contributed by atoms with E-state index in [1.165, 1.54) is 31.4 Å². The van der Waals surface area contributed by atoms with Crippen molar-refractivity contribution in [3.63, 3.8) is 0 Å². The Bertz CT molecular complexity index is 552. The molecule has 0 spiro atoms. The predicted molar refractivity (Wildman–Crippen MR) is 68.9 cm³/mol. The molecule has 0 aromatic heterocycles. The second kappa shape index (κ2) is 5.86. The van der Waals surface area contributed by atoms with E-state index in [1.54, 1.807) is 24.3 Å². The largest absolute Gasteiger partial charge is 0.457 e. The van der Waals surface area contributed by atoms with Gasteiger partial charge in [0, 0.05) is 5.69 Å². The molecule has 0 atom stereocenters. The normalized spacial score (nSPS) is 9.79. The molecule has 0 saturated carbocycles. The number of carbonyl (C=O) groups is 1. The van der Waals surface area contributed by atoms with Crippen LogP contribution in [0.5, 0.6) is 11.5 Å². The average Bonchev–Trinajstić information content (AvgIpc) is 2.43. The molecule has 98 valence electrons. The van der Waals surface area contributed by atoms with E-state index in [-0.39, 0.29) is 5.82 Å². The van der Waals surface area contributed by atoms with Gasteiger partial charge in [0.1, 0.15) is 17.3 Å². The molecule has 2 aromatic carbocycles. The zero-order chi connectivity index (χ0) is 13.7. The van der Waals surface area contributed by atoms with Crippen molar-refractivity contribution in [1.82, 2.24) is 0 Å². The SMILES string of the molecule is COC(=O)Nc1ccc(Oc2ccc(F)cc2)cc1. The minimum absolute atomic E-state index is 0.315. The summed E-state index contributed by atoms with van der Waals surface area (Å²) in [6.07, 6.45) is -0.535. The summed E-state index contributed by atoms with van der Waals surface area (Å²) >= 11 is 0. The van der Waals surface area contributed by atoms with Gasteiger partial charge in [-0.3, -0.25) is 5.32 Å². The van der Waals surface area contributed by atoms with Crippen LogP contribution in [0.15, 0.2) is 48.5 Å². The van der Waals surface area contributed by atoms with Crippen LogP contribution in [-0.2, 0) is 4.74 Å². The van der Waals surface area contributed by atoms with Gasteiger partial charge in [0.05, 0.1) is 7.11 Å². The van der Waals surface area contributed by atoms with Crippen molar-refractivity contribution < 1.29 is 18.7 Å². The third-order valence-corrected chi connectivity index (χ3v) is 2.34. The van der Waals surface area contributed by atoms with Gasteiger partial charge >= 0.3 is 6.09 Å². The summed E-state index contributed by atoms with van der Waals surface area (Å²) in [6, 6.07) is 12.5. The van der Waals surface area contributed by atoms with Crippen LogP contribution in [0.3, 0.4) is 0 Å². The molecule has 0 heterocycles. The lowest BCUT2D eigenvalue weighted by Gasteiger charge is -2.07. The molecule has 0 saturated heterocycles. The number of ether oxygens (including phenoxy) is 2. The van der Waals surface area contributed by atoms with Gasteiger partial charge < -0.3 is 9.47 Å². The first-order chi connectivity index (χ1) is 9.17. The number of methoxy groups -OCH3 is 1. The van der Waals surface area contributed by atoms with E-state index < -0.39 is 6.09 Å².